The van der Waals surface area contributed by atoms with E-state index in [9.17, 15) is 5.11 Å². The van der Waals surface area contributed by atoms with Gasteiger partial charge in [0.2, 0.25) is 0 Å². The smallest absolute Gasteiger partial charge is 0.144 e. The largest absolute Gasteiger partial charge is 0.506 e. The lowest BCUT2D eigenvalue weighted by atomic mass is 10.0. The van der Waals surface area contributed by atoms with E-state index in [1.807, 2.05) is 6.07 Å². The van der Waals surface area contributed by atoms with Gasteiger partial charge in [0.1, 0.15) is 7.89 Å². The number of hydrogen-bond donors (Lipinski definition) is 1. The van der Waals surface area contributed by atoms with Crippen LogP contribution in [-0.4, -0.2) is 7.25 Å². The predicted molar refractivity (Wildman–Crippen MR) is 152 cm³/mol. The third-order valence-corrected chi connectivity index (χ3v) is 9.08. The van der Waals surface area contributed by atoms with Crippen molar-refractivity contribution in [2.75, 3.05) is 0 Å². The van der Waals surface area contributed by atoms with E-state index >= 15 is 0 Å². The highest BCUT2D eigenvalue weighted by molar-refractivity contribution is 9.39. The summed E-state index contributed by atoms with van der Waals surface area (Å²) in [4.78, 5) is 0.231. The molecule has 0 saturated carbocycles. The van der Waals surface area contributed by atoms with Gasteiger partial charge in [0.05, 0.1) is 8.95 Å². The van der Waals surface area contributed by atoms with Crippen molar-refractivity contribution in [2.24, 2.45) is 0 Å². The Hall–Kier alpha value is 2.38. The highest BCUT2D eigenvalue weighted by Crippen LogP contribution is 2.45. The quantitative estimate of drug-likeness (QED) is 0.146. The first-order valence-electron chi connectivity index (χ1n) is 10.2. The minimum absolute atomic E-state index is 0.0607. The second-order valence-electron chi connectivity index (χ2n) is 7.43. The second kappa shape index (κ2) is 16.1. The maximum Gasteiger partial charge on any atom is 0.144 e. The van der Waals surface area contributed by atoms with Crippen molar-refractivity contribution in [1.82, 2.24) is 0 Å². The van der Waals surface area contributed by atoms with Gasteiger partial charge in [0.25, 0.3) is 0 Å². The molecule has 29 heavy (non-hydrogen) atoms. The molecule has 1 N–H and O–H groups in total. The van der Waals surface area contributed by atoms with Gasteiger partial charge in [0.15, 0.2) is 0 Å². The van der Waals surface area contributed by atoms with E-state index < -0.39 is 0 Å². The molecule has 1 unspecified atom stereocenters. The first-order valence-corrected chi connectivity index (χ1v) is 15.9. The molecule has 1 aromatic carbocycles. The van der Waals surface area contributed by atoms with E-state index in [-0.39, 0.29) is 12.7 Å². The van der Waals surface area contributed by atoms with E-state index in [4.69, 9.17) is 0 Å². The summed E-state index contributed by atoms with van der Waals surface area (Å²) in [6.45, 7) is 0. The van der Waals surface area contributed by atoms with Crippen molar-refractivity contribution < 1.29 is 5.11 Å². The number of benzene rings is 1. The molecule has 1 rings (SSSR count). The Morgan fingerprint density at radius 3 is 1.66 bits per heavy atom. The number of aromatic hydroxyl groups is 1. The van der Waals surface area contributed by atoms with Crippen molar-refractivity contribution >= 4 is 112 Å². The molecule has 0 aliphatic rings. The summed E-state index contributed by atoms with van der Waals surface area (Å²) in [5, 5.41) is 10.1. The molecule has 0 heterocycles. The highest BCUT2D eigenvalue weighted by Gasteiger charge is 2.19. The maximum absolute atomic E-state index is 10.1. The molecule has 1 nitrogen and oxygen atoms in total. The zero-order chi connectivity index (χ0) is 21.9. The van der Waals surface area contributed by atoms with Crippen molar-refractivity contribution in [3.8, 4) is 5.75 Å². The monoisotopic (exact) mass is 850 g/mol. The van der Waals surface area contributed by atoms with Crippen LogP contribution in [0.25, 0.3) is 0 Å². The van der Waals surface area contributed by atoms with Crippen LogP contribution in [0.3, 0.4) is 0 Å². The Morgan fingerprint density at radius 2 is 1.17 bits per heavy atom. The van der Waals surface area contributed by atoms with Crippen LogP contribution < -0.4 is 0 Å². The fourth-order valence-corrected chi connectivity index (χ4v) is 8.19. The Morgan fingerprint density at radius 1 is 0.724 bits per heavy atom. The molecule has 0 aliphatic heterocycles. The highest BCUT2D eigenvalue weighted by atomic mass is 80.0. The first kappa shape index (κ1) is 29.4. The number of rotatable bonds is 14. The fraction of sp³-hybridized carbons (Fsp3) is 0.714. The van der Waals surface area contributed by atoms with Gasteiger partial charge in [0, 0.05) is 9.30 Å². The van der Waals surface area contributed by atoms with Crippen LogP contribution in [0.2, 0.25) is 0 Å². The van der Waals surface area contributed by atoms with Crippen LogP contribution in [0, 0.1) is 0 Å². The van der Waals surface area contributed by atoms with Gasteiger partial charge < -0.3 is 5.11 Å². The average Bonchev–Trinajstić information content (AvgIpc) is 2.62. The maximum atomic E-state index is 10.1. The van der Waals surface area contributed by atoms with Crippen molar-refractivity contribution in [3.05, 3.63) is 25.0 Å². The molecule has 168 valence electrons. The molecule has 0 saturated heterocycles. The molecule has 0 aromatic heterocycles. The summed E-state index contributed by atoms with van der Waals surface area (Å²) in [5.41, 5.74) is 1.08. The molecule has 0 amide bonds. The SMILES string of the molecule is Oc1c(Br)cc(Br)c(C(Br)CCCCCCCCCCCCCC(Br)(Br)Br)c1Br. The minimum atomic E-state index is -0.0607. The lowest BCUT2D eigenvalue weighted by molar-refractivity contribution is 0.467. The number of phenols is 1. The number of halogens is 7. The molecule has 0 radical (unpaired) electrons. The summed E-state index contributed by atoms with van der Waals surface area (Å²) in [6.07, 6.45) is 16.7. The zero-order valence-electron chi connectivity index (χ0n) is 16.4. The molecular formula is C21H29Br7O. The van der Waals surface area contributed by atoms with Crippen LogP contribution in [0.5, 0.6) is 5.75 Å². The van der Waals surface area contributed by atoms with Crippen LogP contribution in [0.15, 0.2) is 19.5 Å². The third kappa shape index (κ3) is 13.0. The van der Waals surface area contributed by atoms with Crippen LogP contribution in [-0.2, 0) is 0 Å². The predicted octanol–water partition coefficient (Wildman–Crippen LogP) is 12.0. The molecule has 1 aromatic rings. The van der Waals surface area contributed by atoms with Gasteiger partial charge in [-0.2, -0.15) is 0 Å². The summed E-state index contributed by atoms with van der Waals surface area (Å²) in [6, 6.07) is 1.90. The van der Waals surface area contributed by atoms with Crippen LogP contribution in [0.1, 0.15) is 93.9 Å². The van der Waals surface area contributed by atoms with Gasteiger partial charge in [-0.05, 0) is 56.3 Å². The van der Waals surface area contributed by atoms with Crippen LogP contribution >= 0.6 is 112 Å². The van der Waals surface area contributed by atoms with E-state index in [0.29, 0.717) is 4.47 Å². The Balaban J connectivity index is 2.05. The van der Waals surface area contributed by atoms with Gasteiger partial charge in [-0.1, -0.05) is 150 Å². The van der Waals surface area contributed by atoms with E-state index in [1.54, 1.807) is 0 Å². The Kier molecular flexibility index (Phi) is 16.3. The van der Waals surface area contributed by atoms with E-state index in [1.165, 1.54) is 70.6 Å². The second-order valence-corrected chi connectivity index (χ2v) is 18.3. The molecule has 0 aliphatic carbocycles. The summed E-state index contributed by atoms with van der Waals surface area (Å²) in [5.74, 6) is 0.259. The van der Waals surface area contributed by atoms with Gasteiger partial charge >= 0.3 is 0 Å². The normalized spacial score (nSPS) is 13.1. The Labute approximate surface area is 235 Å². The molecule has 1 atom stereocenters. The number of alkyl halides is 4. The Bertz CT molecular complexity index is 602. The fourth-order valence-electron chi connectivity index (χ4n) is 3.27. The van der Waals surface area contributed by atoms with Crippen molar-refractivity contribution in [2.45, 2.75) is 90.4 Å². The van der Waals surface area contributed by atoms with Crippen molar-refractivity contribution in [1.29, 1.82) is 0 Å². The minimum Gasteiger partial charge on any atom is -0.506 e. The van der Waals surface area contributed by atoms with E-state index in [2.05, 4.69) is 112 Å². The van der Waals surface area contributed by atoms with Gasteiger partial charge in [-0.25, -0.2) is 0 Å². The molecule has 0 spiro atoms. The van der Waals surface area contributed by atoms with Crippen molar-refractivity contribution in [3.63, 3.8) is 0 Å². The number of hydrogen-bond acceptors (Lipinski definition) is 1. The first-order chi connectivity index (χ1) is 13.6. The van der Waals surface area contributed by atoms with Gasteiger partial charge in [-0.15, -0.1) is 0 Å². The lowest BCUT2D eigenvalue weighted by Crippen LogP contribution is -1.98. The summed E-state index contributed by atoms with van der Waals surface area (Å²) >= 11 is 25.0. The molecular weight excluding hydrogens is 828 g/mol. The van der Waals surface area contributed by atoms with E-state index in [0.717, 1.165) is 27.4 Å². The molecule has 8 heteroatoms. The number of phenolic OH excluding ortho intramolecular Hbond substituents is 1. The van der Waals surface area contributed by atoms with Crippen LogP contribution in [0.4, 0.5) is 0 Å². The number of unbranched alkanes of at least 4 members (excludes halogenated alkanes) is 10. The summed E-state index contributed by atoms with van der Waals surface area (Å²) < 4.78 is 2.39. The zero-order valence-corrected chi connectivity index (χ0v) is 27.5. The molecule has 0 bridgehead atoms. The topological polar surface area (TPSA) is 20.2 Å². The molecule has 0 fully saturated rings. The van der Waals surface area contributed by atoms with Gasteiger partial charge in [-0.3, -0.25) is 0 Å². The summed E-state index contributed by atoms with van der Waals surface area (Å²) in [7, 11) is 0. The average molecular weight is 857 g/mol. The standard InChI is InChI=1S/C21H29Br7O/c22-15(18-16(23)14-17(24)20(29)19(18)25)12-10-8-6-4-2-1-3-5-7-9-11-13-21(26,27)28/h14-15,29H,1-13H2. The third-order valence-electron chi connectivity index (χ3n) is 4.91. The lowest BCUT2D eigenvalue weighted by Gasteiger charge is -2.16.